The number of amides is 1. The number of hydrogen-bond donors (Lipinski definition) is 3. The number of hydrazine groups is 1. The molecule has 2 heterocycles. The number of halogens is 1. The fourth-order valence-corrected chi connectivity index (χ4v) is 5.54. The SMILES string of the molecule is COC(=O)c1cc([NH2+]c2cc(-c3ccccc3OC)ncn2)ccc1OC.COc1ccc(Cc2cc(-c3ccccc3OC)ncn2)cc1C(=O)NN.[Cl-].[HH]. The molecule has 55 heavy (non-hydrogen) atoms. The van der Waals surface area contributed by atoms with E-state index >= 15 is 0 Å². The molecule has 4 aromatic carbocycles. The van der Waals surface area contributed by atoms with Crippen LogP contribution in [0.5, 0.6) is 23.0 Å². The molecule has 286 valence electrons. The smallest absolute Gasteiger partial charge is 0.341 e. The number of para-hydroxylation sites is 2. The second kappa shape index (κ2) is 20.0. The van der Waals surface area contributed by atoms with Gasteiger partial charge in [-0.1, -0.05) is 30.3 Å². The van der Waals surface area contributed by atoms with Crippen molar-refractivity contribution in [2.75, 3.05) is 35.5 Å². The van der Waals surface area contributed by atoms with E-state index in [-0.39, 0.29) is 13.8 Å². The van der Waals surface area contributed by atoms with Gasteiger partial charge in [0.1, 0.15) is 46.9 Å². The molecule has 0 radical (unpaired) electrons. The normalized spacial score (nSPS) is 10.1. The van der Waals surface area contributed by atoms with Gasteiger partial charge < -0.3 is 36.1 Å². The minimum atomic E-state index is -0.459. The molecule has 0 atom stereocenters. The fraction of sp³-hybridized carbons (Fsp3) is 0.150. The van der Waals surface area contributed by atoms with E-state index in [1.807, 2.05) is 78.1 Å². The lowest BCUT2D eigenvalue weighted by Crippen LogP contribution is -3.00. The molecule has 0 aliphatic rings. The maximum Gasteiger partial charge on any atom is 0.341 e. The highest BCUT2D eigenvalue weighted by molar-refractivity contribution is 5.96. The van der Waals surface area contributed by atoms with Gasteiger partial charge in [0.25, 0.3) is 5.91 Å². The molecule has 0 saturated heterocycles. The summed E-state index contributed by atoms with van der Waals surface area (Å²) in [4.78, 5) is 41.2. The molecule has 0 spiro atoms. The predicted molar refractivity (Wildman–Crippen MR) is 203 cm³/mol. The quantitative estimate of drug-likeness (QED) is 0.0542. The van der Waals surface area contributed by atoms with Gasteiger partial charge in [-0.15, -0.1) is 0 Å². The van der Waals surface area contributed by atoms with Crippen molar-refractivity contribution in [1.29, 1.82) is 0 Å². The minimum absolute atomic E-state index is 0. The van der Waals surface area contributed by atoms with Crippen molar-refractivity contribution < 1.29 is 52.4 Å². The number of nitrogens with two attached hydrogens (primary N) is 2. The molecular formula is C40H42ClN7O7. The zero-order valence-corrected chi connectivity index (χ0v) is 31.5. The Balaban J connectivity index is 0.000000290. The molecule has 14 nitrogen and oxygen atoms in total. The zero-order valence-electron chi connectivity index (χ0n) is 30.8. The lowest BCUT2D eigenvalue weighted by atomic mass is 10.0. The molecule has 1 amide bonds. The molecule has 0 aliphatic carbocycles. The maximum absolute atomic E-state index is 12.0. The Morgan fingerprint density at radius 1 is 0.655 bits per heavy atom. The van der Waals surface area contributed by atoms with Gasteiger partial charge in [-0.3, -0.25) is 15.5 Å². The molecule has 0 unspecified atom stereocenters. The van der Waals surface area contributed by atoms with Crippen LogP contribution in [0.3, 0.4) is 0 Å². The van der Waals surface area contributed by atoms with Gasteiger partial charge in [-0.2, -0.15) is 4.98 Å². The molecule has 6 rings (SSSR count). The van der Waals surface area contributed by atoms with E-state index in [1.165, 1.54) is 34.0 Å². The number of carbonyl (C=O) groups is 2. The molecule has 0 saturated carbocycles. The number of benzene rings is 4. The van der Waals surface area contributed by atoms with Crippen molar-refractivity contribution in [1.82, 2.24) is 25.4 Å². The third-order valence-electron chi connectivity index (χ3n) is 8.15. The Morgan fingerprint density at radius 3 is 1.82 bits per heavy atom. The first-order chi connectivity index (χ1) is 26.3. The Kier molecular flexibility index (Phi) is 15.0. The standard InChI is InChI=1S/C20H20N4O3.C20H19N3O4.ClH.H2/c1-26-18-6-4-3-5-15(18)17-11-14(22-12-23-17)9-13-7-8-19(27-2)16(10-13)20(25)24-21;1-25-17-7-5-4-6-14(17)16-11-19(22-12-21-16)23-13-8-9-18(26-2)15(10-13)20(24)27-3;;/h3-8,10-12H,9,21H2,1-2H3,(H,24,25);4-12H,1-3H3,(H,21,22,23);2*1H. The number of quaternary nitrogens is 1. The van der Waals surface area contributed by atoms with Crippen LogP contribution < -0.4 is 47.9 Å². The average molecular weight is 768 g/mol. The highest BCUT2D eigenvalue weighted by Gasteiger charge is 2.17. The van der Waals surface area contributed by atoms with E-state index in [0.29, 0.717) is 34.9 Å². The third kappa shape index (κ3) is 10.3. The number of rotatable bonds is 12. The van der Waals surface area contributed by atoms with E-state index in [0.717, 1.165) is 51.0 Å². The number of nitrogen functional groups attached to an aromatic ring is 1. The summed E-state index contributed by atoms with van der Waals surface area (Å²) in [5.74, 6) is 7.48. The Morgan fingerprint density at radius 2 is 1.22 bits per heavy atom. The van der Waals surface area contributed by atoms with Crippen LogP contribution >= 0.6 is 0 Å². The van der Waals surface area contributed by atoms with E-state index in [4.69, 9.17) is 29.5 Å². The van der Waals surface area contributed by atoms with Crippen LogP contribution in [0, 0.1) is 0 Å². The van der Waals surface area contributed by atoms with Crippen molar-refractivity contribution in [2.24, 2.45) is 5.84 Å². The van der Waals surface area contributed by atoms with Gasteiger partial charge in [0.15, 0.2) is 0 Å². The topological polar surface area (TPSA) is 187 Å². The summed E-state index contributed by atoms with van der Waals surface area (Å²) in [6.07, 6.45) is 3.55. The van der Waals surface area contributed by atoms with E-state index < -0.39 is 11.9 Å². The van der Waals surface area contributed by atoms with Crippen LogP contribution in [0.15, 0.2) is 110 Å². The van der Waals surface area contributed by atoms with Crippen LogP contribution in [-0.4, -0.2) is 67.4 Å². The van der Waals surface area contributed by atoms with Crippen molar-refractivity contribution >= 4 is 23.4 Å². The number of esters is 1. The largest absolute Gasteiger partial charge is 1.00 e. The van der Waals surface area contributed by atoms with Crippen molar-refractivity contribution in [3.63, 3.8) is 0 Å². The first kappa shape index (κ1) is 41.2. The molecule has 15 heteroatoms. The summed E-state index contributed by atoms with van der Waals surface area (Å²) in [6, 6.07) is 29.7. The Bertz CT molecular complexity index is 2090. The van der Waals surface area contributed by atoms with Crippen LogP contribution in [0.2, 0.25) is 0 Å². The first-order valence-corrected chi connectivity index (χ1v) is 16.5. The highest BCUT2D eigenvalue weighted by atomic mass is 35.5. The number of nitrogens with zero attached hydrogens (tertiary/aromatic N) is 4. The summed E-state index contributed by atoms with van der Waals surface area (Å²) in [5, 5.41) is 1.85. The molecule has 0 fully saturated rings. The summed E-state index contributed by atoms with van der Waals surface area (Å²) < 4.78 is 26.1. The van der Waals surface area contributed by atoms with Gasteiger partial charge in [-0.25, -0.2) is 25.6 Å². The zero-order chi connectivity index (χ0) is 38.5. The summed E-state index contributed by atoms with van der Waals surface area (Å²) in [5.41, 5.74) is 8.65. The van der Waals surface area contributed by atoms with Crippen LogP contribution in [0.1, 0.15) is 33.4 Å². The number of methoxy groups -OCH3 is 5. The Hall–Kier alpha value is -6.61. The van der Waals surface area contributed by atoms with Gasteiger partial charge in [0.05, 0.1) is 52.5 Å². The molecule has 0 bridgehead atoms. The number of aromatic nitrogens is 4. The lowest BCUT2D eigenvalue weighted by Gasteiger charge is -2.11. The summed E-state index contributed by atoms with van der Waals surface area (Å²) in [6.45, 7) is 0. The highest BCUT2D eigenvalue weighted by Crippen LogP contribution is 2.30. The monoisotopic (exact) mass is 767 g/mol. The maximum atomic E-state index is 12.0. The van der Waals surface area contributed by atoms with Crippen molar-refractivity contribution in [3.8, 4) is 45.5 Å². The van der Waals surface area contributed by atoms with Gasteiger partial charge in [-0.05, 0) is 54.1 Å². The van der Waals surface area contributed by atoms with Gasteiger partial charge >= 0.3 is 5.97 Å². The number of nitrogens with one attached hydrogen (secondary N) is 1. The molecule has 0 aliphatic heterocycles. The lowest BCUT2D eigenvalue weighted by molar-refractivity contribution is -0.483. The summed E-state index contributed by atoms with van der Waals surface area (Å²) >= 11 is 0. The molecule has 2 aromatic heterocycles. The predicted octanol–water partition coefficient (Wildman–Crippen LogP) is 2.08. The van der Waals surface area contributed by atoms with Crippen LogP contribution in [-0.2, 0) is 11.2 Å². The molecule has 5 N–H and O–H groups in total. The minimum Gasteiger partial charge on any atom is -1.00 e. The van der Waals surface area contributed by atoms with Crippen LogP contribution in [0.4, 0.5) is 11.5 Å². The number of ether oxygens (including phenoxy) is 5. The van der Waals surface area contributed by atoms with Gasteiger partial charge in [0.2, 0.25) is 5.82 Å². The molecule has 6 aromatic rings. The van der Waals surface area contributed by atoms with E-state index in [2.05, 4.69) is 25.4 Å². The van der Waals surface area contributed by atoms with Crippen molar-refractivity contribution in [2.45, 2.75) is 6.42 Å². The van der Waals surface area contributed by atoms with Gasteiger partial charge in [0, 0.05) is 42.9 Å². The first-order valence-electron chi connectivity index (χ1n) is 16.5. The average Bonchev–Trinajstić information content (AvgIpc) is 3.23. The summed E-state index contributed by atoms with van der Waals surface area (Å²) in [7, 11) is 7.60. The fourth-order valence-electron chi connectivity index (χ4n) is 5.54. The second-order valence-electron chi connectivity index (χ2n) is 11.4. The third-order valence-corrected chi connectivity index (χ3v) is 8.15. The number of hydrogen-bond acceptors (Lipinski definition) is 12. The van der Waals surface area contributed by atoms with Crippen molar-refractivity contribution in [3.05, 3.63) is 132 Å². The molecular weight excluding hydrogens is 726 g/mol. The number of carbonyl (C=O) groups excluding carboxylic acids is 2. The van der Waals surface area contributed by atoms with E-state index in [9.17, 15) is 9.59 Å². The Labute approximate surface area is 325 Å². The van der Waals surface area contributed by atoms with E-state index in [1.54, 1.807) is 38.5 Å². The van der Waals surface area contributed by atoms with Crippen LogP contribution in [0.25, 0.3) is 22.5 Å². The second-order valence-corrected chi connectivity index (χ2v) is 11.4.